The van der Waals surface area contributed by atoms with Crippen molar-refractivity contribution in [3.8, 4) is 0 Å². The molecule has 18 heavy (non-hydrogen) atoms. The van der Waals surface area contributed by atoms with Crippen LogP contribution in [0.5, 0.6) is 0 Å². The maximum Gasteiger partial charge on any atom is 0.139 e. The van der Waals surface area contributed by atoms with Crippen molar-refractivity contribution >= 4 is 27.5 Å². The smallest absolute Gasteiger partial charge is 0.139 e. The number of hydrogen-bond donors (Lipinski definition) is 1. The van der Waals surface area contributed by atoms with Gasteiger partial charge in [-0.1, -0.05) is 30.7 Å². The van der Waals surface area contributed by atoms with Gasteiger partial charge in [0, 0.05) is 5.02 Å². The fourth-order valence-corrected chi connectivity index (χ4v) is 2.37. The highest BCUT2D eigenvalue weighted by Gasteiger charge is 2.19. The summed E-state index contributed by atoms with van der Waals surface area (Å²) >= 11 is 9.43. The van der Waals surface area contributed by atoms with Gasteiger partial charge in [0.15, 0.2) is 0 Å². The van der Waals surface area contributed by atoms with Crippen molar-refractivity contribution in [1.29, 1.82) is 0 Å². The van der Waals surface area contributed by atoms with Crippen LogP contribution in [0.25, 0.3) is 0 Å². The Labute approximate surface area is 120 Å². The standard InChI is InChI=1S/C14H15BrClNO/c1-2-8-17-13(14-12(15)7-9-18-14)10-3-5-11(16)6-4-10/h3-7,9,13,17H,2,8H2,1H3. The molecule has 1 unspecified atom stereocenters. The Morgan fingerprint density at radius 2 is 2.00 bits per heavy atom. The second kappa shape index (κ2) is 6.41. The maximum absolute atomic E-state index is 5.92. The van der Waals surface area contributed by atoms with Crippen LogP contribution < -0.4 is 5.32 Å². The van der Waals surface area contributed by atoms with E-state index in [4.69, 9.17) is 16.0 Å². The second-order valence-electron chi connectivity index (χ2n) is 4.07. The quantitative estimate of drug-likeness (QED) is 0.854. The molecular formula is C14H15BrClNO. The van der Waals surface area contributed by atoms with E-state index in [1.54, 1.807) is 6.26 Å². The molecule has 0 saturated carbocycles. The second-order valence-corrected chi connectivity index (χ2v) is 5.36. The summed E-state index contributed by atoms with van der Waals surface area (Å²) in [6.45, 7) is 3.07. The lowest BCUT2D eigenvalue weighted by atomic mass is 10.0. The van der Waals surface area contributed by atoms with Crippen LogP contribution in [0.3, 0.4) is 0 Å². The van der Waals surface area contributed by atoms with Gasteiger partial charge in [0.05, 0.1) is 16.8 Å². The van der Waals surface area contributed by atoms with Crippen LogP contribution in [0.1, 0.15) is 30.7 Å². The Kier molecular flexibility index (Phi) is 4.87. The van der Waals surface area contributed by atoms with E-state index >= 15 is 0 Å². The monoisotopic (exact) mass is 327 g/mol. The van der Waals surface area contributed by atoms with Crippen molar-refractivity contribution in [2.45, 2.75) is 19.4 Å². The largest absolute Gasteiger partial charge is 0.466 e. The molecule has 96 valence electrons. The van der Waals surface area contributed by atoms with E-state index in [-0.39, 0.29) is 6.04 Å². The van der Waals surface area contributed by atoms with Gasteiger partial charge in [0.2, 0.25) is 0 Å². The summed E-state index contributed by atoms with van der Waals surface area (Å²) < 4.78 is 6.54. The molecule has 4 heteroatoms. The third-order valence-corrected chi connectivity index (χ3v) is 3.62. The fraction of sp³-hybridized carbons (Fsp3) is 0.286. The van der Waals surface area contributed by atoms with E-state index in [0.29, 0.717) is 0 Å². The third-order valence-electron chi connectivity index (χ3n) is 2.71. The van der Waals surface area contributed by atoms with Crippen LogP contribution >= 0.6 is 27.5 Å². The molecule has 0 radical (unpaired) electrons. The summed E-state index contributed by atoms with van der Waals surface area (Å²) in [5.41, 5.74) is 1.14. The lowest BCUT2D eigenvalue weighted by Crippen LogP contribution is -2.23. The summed E-state index contributed by atoms with van der Waals surface area (Å²) in [5.74, 6) is 0.894. The zero-order chi connectivity index (χ0) is 13.0. The average molecular weight is 329 g/mol. The molecule has 0 spiro atoms. The van der Waals surface area contributed by atoms with Crippen LogP contribution in [0.15, 0.2) is 45.5 Å². The summed E-state index contributed by atoms with van der Waals surface area (Å²) in [7, 11) is 0. The highest BCUT2D eigenvalue weighted by atomic mass is 79.9. The Balaban J connectivity index is 2.30. The predicted molar refractivity (Wildman–Crippen MR) is 78.0 cm³/mol. The number of rotatable bonds is 5. The number of halogens is 2. The molecular weight excluding hydrogens is 314 g/mol. The summed E-state index contributed by atoms with van der Waals surface area (Å²) in [4.78, 5) is 0. The molecule has 0 aliphatic rings. The number of benzene rings is 1. The number of nitrogens with one attached hydrogen (secondary N) is 1. The van der Waals surface area contributed by atoms with E-state index in [0.717, 1.165) is 33.8 Å². The third kappa shape index (κ3) is 3.16. The Bertz CT molecular complexity index is 495. The van der Waals surface area contributed by atoms with E-state index < -0.39 is 0 Å². The van der Waals surface area contributed by atoms with Crippen molar-refractivity contribution in [3.63, 3.8) is 0 Å². The summed E-state index contributed by atoms with van der Waals surface area (Å²) in [5, 5.41) is 4.22. The van der Waals surface area contributed by atoms with Crippen molar-refractivity contribution in [3.05, 3.63) is 57.4 Å². The normalized spacial score (nSPS) is 12.6. The van der Waals surface area contributed by atoms with Gasteiger partial charge in [-0.15, -0.1) is 0 Å². The number of furan rings is 1. The van der Waals surface area contributed by atoms with Gasteiger partial charge in [0.1, 0.15) is 5.76 Å². The molecule has 0 aliphatic carbocycles. The molecule has 2 rings (SSSR count). The summed E-state index contributed by atoms with van der Waals surface area (Å²) in [6, 6.07) is 9.79. The predicted octanol–water partition coefficient (Wildman–Crippen LogP) is 4.78. The zero-order valence-electron chi connectivity index (χ0n) is 10.1. The van der Waals surface area contributed by atoms with Crippen LogP contribution in [0.4, 0.5) is 0 Å². The van der Waals surface area contributed by atoms with Crippen molar-refractivity contribution in [1.82, 2.24) is 5.32 Å². The van der Waals surface area contributed by atoms with E-state index in [9.17, 15) is 0 Å². The molecule has 0 bridgehead atoms. The van der Waals surface area contributed by atoms with E-state index in [1.807, 2.05) is 30.3 Å². The molecule has 1 atom stereocenters. The van der Waals surface area contributed by atoms with Crippen molar-refractivity contribution in [2.24, 2.45) is 0 Å². The topological polar surface area (TPSA) is 25.2 Å². The molecule has 0 fully saturated rings. The molecule has 2 aromatic rings. The van der Waals surface area contributed by atoms with Crippen molar-refractivity contribution in [2.75, 3.05) is 6.54 Å². The highest BCUT2D eigenvalue weighted by Crippen LogP contribution is 2.30. The van der Waals surface area contributed by atoms with E-state index in [1.165, 1.54) is 0 Å². The van der Waals surface area contributed by atoms with Gasteiger partial charge >= 0.3 is 0 Å². The minimum Gasteiger partial charge on any atom is -0.466 e. The molecule has 0 aliphatic heterocycles. The lowest BCUT2D eigenvalue weighted by Gasteiger charge is -2.17. The fourth-order valence-electron chi connectivity index (χ4n) is 1.82. The molecule has 2 nitrogen and oxygen atoms in total. The first-order valence-corrected chi connectivity index (χ1v) is 7.11. The van der Waals surface area contributed by atoms with Crippen LogP contribution in [0, 0.1) is 0 Å². The minimum atomic E-state index is 0.0478. The molecule has 1 aromatic heterocycles. The molecule has 0 amide bonds. The molecule has 0 saturated heterocycles. The van der Waals surface area contributed by atoms with Gasteiger partial charge < -0.3 is 9.73 Å². The van der Waals surface area contributed by atoms with Gasteiger partial charge in [-0.05, 0) is 52.7 Å². The first-order chi connectivity index (χ1) is 8.72. The first-order valence-electron chi connectivity index (χ1n) is 5.94. The maximum atomic E-state index is 5.92. The SMILES string of the molecule is CCCNC(c1ccc(Cl)cc1)c1occc1Br. The van der Waals surface area contributed by atoms with Gasteiger partial charge in [-0.25, -0.2) is 0 Å². The van der Waals surface area contributed by atoms with E-state index in [2.05, 4.69) is 28.2 Å². The Morgan fingerprint density at radius 3 is 2.56 bits per heavy atom. The van der Waals surface area contributed by atoms with Gasteiger partial charge in [-0.2, -0.15) is 0 Å². The first kappa shape index (κ1) is 13.7. The molecule has 1 N–H and O–H groups in total. The van der Waals surface area contributed by atoms with Crippen LogP contribution in [-0.2, 0) is 0 Å². The molecule has 1 heterocycles. The lowest BCUT2D eigenvalue weighted by molar-refractivity contribution is 0.444. The minimum absolute atomic E-state index is 0.0478. The van der Waals surface area contributed by atoms with Crippen LogP contribution in [0.2, 0.25) is 5.02 Å². The highest BCUT2D eigenvalue weighted by molar-refractivity contribution is 9.10. The molecule has 1 aromatic carbocycles. The summed E-state index contributed by atoms with van der Waals surface area (Å²) in [6.07, 6.45) is 2.76. The average Bonchev–Trinajstić information content (AvgIpc) is 2.78. The Hall–Kier alpha value is -0.770. The van der Waals surface area contributed by atoms with Crippen molar-refractivity contribution < 1.29 is 4.42 Å². The van der Waals surface area contributed by atoms with Crippen LogP contribution in [-0.4, -0.2) is 6.54 Å². The Morgan fingerprint density at radius 1 is 1.28 bits per heavy atom. The van der Waals surface area contributed by atoms with Gasteiger partial charge in [0.25, 0.3) is 0 Å². The van der Waals surface area contributed by atoms with Gasteiger partial charge in [-0.3, -0.25) is 0 Å². The zero-order valence-corrected chi connectivity index (χ0v) is 12.5. The number of hydrogen-bond acceptors (Lipinski definition) is 2.